The summed E-state index contributed by atoms with van der Waals surface area (Å²) in [6, 6.07) is 10.4. The van der Waals surface area contributed by atoms with Crippen LogP contribution in [-0.2, 0) is 13.1 Å². The molecule has 32 heavy (non-hydrogen) atoms. The summed E-state index contributed by atoms with van der Waals surface area (Å²) in [4.78, 5) is 39.2. The zero-order valence-corrected chi connectivity index (χ0v) is 18.5. The van der Waals surface area contributed by atoms with E-state index >= 15 is 0 Å². The fourth-order valence-electron chi connectivity index (χ4n) is 3.21. The number of rotatable bonds is 8. The lowest BCUT2D eigenvalue weighted by Crippen LogP contribution is -2.43. The number of unbranched alkanes of at least 4 members (excludes halogenated alkanes) is 1. The van der Waals surface area contributed by atoms with Crippen molar-refractivity contribution in [3.8, 4) is 11.4 Å². The number of carbonyl (C=O) groups is 1. The molecule has 1 heterocycles. The quantitative estimate of drug-likeness (QED) is 0.558. The molecule has 0 spiro atoms. The van der Waals surface area contributed by atoms with Crippen LogP contribution in [0.15, 0.2) is 58.3 Å². The summed E-state index contributed by atoms with van der Waals surface area (Å²) in [5, 5.41) is 2.78. The molecule has 0 radical (unpaired) electrons. The van der Waals surface area contributed by atoms with E-state index in [1.165, 1.54) is 30.0 Å². The Hall–Kier alpha value is -3.39. The van der Waals surface area contributed by atoms with Crippen LogP contribution >= 0.6 is 11.6 Å². The molecule has 1 amide bonds. The first-order valence-corrected chi connectivity index (χ1v) is 10.5. The minimum atomic E-state index is -0.769. The van der Waals surface area contributed by atoms with Crippen LogP contribution in [0, 0.1) is 5.82 Å². The minimum absolute atomic E-state index is 0.0138. The Labute approximate surface area is 189 Å². The Balaban J connectivity index is 2.05. The van der Waals surface area contributed by atoms with Crippen molar-refractivity contribution in [2.45, 2.75) is 32.9 Å². The van der Waals surface area contributed by atoms with Crippen molar-refractivity contribution in [3.05, 3.63) is 91.5 Å². The Morgan fingerprint density at radius 3 is 2.62 bits per heavy atom. The fraction of sp³-hybridized carbons (Fsp3) is 0.261. The number of halogens is 2. The summed E-state index contributed by atoms with van der Waals surface area (Å²) in [6.45, 7) is 2.30. The van der Waals surface area contributed by atoms with E-state index in [4.69, 9.17) is 16.3 Å². The van der Waals surface area contributed by atoms with Gasteiger partial charge < -0.3 is 10.1 Å². The molecule has 0 fully saturated rings. The molecule has 0 atom stereocenters. The van der Waals surface area contributed by atoms with E-state index in [0.717, 1.165) is 17.1 Å². The van der Waals surface area contributed by atoms with Gasteiger partial charge in [-0.25, -0.2) is 13.8 Å². The molecular weight excluding hydrogens is 437 g/mol. The third-order valence-corrected chi connectivity index (χ3v) is 5.29. The smallest absolute Gasteiger partial charge is 0.335 e. The highest BCUT2D eigenvalue weighted by Crippen LogP contribution is 2.20. The van der Waals surface area contributed by atoms with Gasteiger partial charge in [0, 0.05) is 24.3 Å². The molecule has 0 bridgehead atoms. The van der Waals surface area contributed by atoms with Gasteiger partial charge in [0.1, 0.15) is 17.1 Å². The molecule has 2 aromatic carbocycles. The van der Waals surface area contributed by atoms with Gasteiger partial charge in [-0.2, -0.15) is 0 Å². The molecule has 3 aromatic rings. The van der Waals surface area contributed by atoms with E-state index < -0.39 is 23.0 Å². The lowest BCUT2D eigenvalue weighted by atomic mass is 10.2. The summed E-state index contributed by atoms with van der Waals surface area (Å²) in [7, 11) is 1.43. The zero-order valence-electron chi connectivity index (χ0n) is 17.7. The number of hydrogen-bond acceptors (Lipinski definition) is 4. The molecule has 0 aliphatic heterocycles. The molecular formula is C23H23ClFN3O4. The Morgan fingerprint density at radius 1 is 1.19 bits per heavy atom. The zero-order chi connectivity index (χ0) is 23.3. The predicted molar refractivity (Wildman–Crippen MR) is 120 cm³/mol. The molecule has 0 aliphatic carbocycles. The number of para-hydroxylation sites is 2. The van der Waals surface area contributed by atoms with Crippen molar-refractivity contribution in [1.82, 2.24) is 14.5 Å². The predicted octanol–water partition coefficient (Wildman–Crippen LogP) is 3.53. The summed E-state index contributed by atoms with van der Waals surface area (Å²) >= 11 is 6.02. The summed E-state index contributed by atoms with van der Waals surface area (Å²) in [6.07, 6.45) is 2.79. The lowest BCUT2D eigenvalue weighted by molar-refractivity contribution is 0.0948. The number of ether oxygens (including phenoxy) is 1. The number of amides is 1. The Bertz CT molecular complexity index is 1250. The fourth-order valence-corrected chi connectivity index (χ4v) is 3.44. The highest BCUT2D eigenvalue weighted by molar-refractivity contribution is 6.31. The maximum absolute atomic E-state index is 13.3. The normalized spacial score (nSPS) is 10.8. The first-order chi connectivity index (χ1) is 15.4. The standard InChI is InChI=1S/C23H23ClFN3O4/c1-3-4-11-27-14-17(21(29)26-13-15-9-10-16(25)12-18(15)24)22(30)28(23(27)31)19-7-5-6-8-20(19)32-2/h5-10,12,14H,3-4,11,13H2,1-2H3,(H,26,29). The molecule has 0 saturated heterocycles. The second-order valence-corrected chi connectivity index (χ2v) is 7.51. The van der Waals surface area contributed by atoms with Crippen LogP contribution in [0.25, 0.3) is 5.69 Å². The molecule has 1 N–H and O–H groups in total. The number of hydrogen-bond donors (Lipinski definition) is 1. The largest absolute Gasteiger partial charge is 0.495 e. The molecule has 1 aromatic heterocycles. The Morgan fingerprint density at radius 2 is 1.94 bits per heavy atom. The molecule has 7 nitrogen and oxygen atoms in total. The molecule has 3 rings (SSSR count). The summed E-state index contributed by atoms with van der Waals surface area (Å²) < 4.78 is 20.8. The van der Waals surface area contributed by atoms with E-state index in [0.29, 0.717) is 24.3 Å². The first kappa shape index (κ1) is 23.3. The Kier molecular flexibility index (Phi) is 7.48. The second-order valence-electron chi connectivity index (χ2n) is 7.10. The number of nitrogens with zero attached hydrogens (tertiary/aromatic N) is 2. The van der Waals surface area contributed by atoms with E-state index in [-0.39, 0.29) is 22.8 Å². The van der Waals surface area contributed by atoms with Crippen molar-refractivity contribution in [2.75, 3.05) is 7.11 Å². The van der Waals surface area contributed by atoms with E-state index in [1.807, 2.05) is 6.92 Å². The highest BCUT2D eigenvalue weighted by atomic mass is 35.5. The third kappa shape index (κ3) is 4.91. The van der Waals surface area contributed by atoms with Crippen LogP contribution in [-0.4, -0.2) is 22.2 Å². The number of benzene rings is 2. The SMILES string of the molecule is CCCCn1cc(C(=O)NCc2ccc(F)cc2Cl)c(=O)n(-c2ccccc2OC)c1=O. The number of methoxy groups -OCH3 is 1. The van der Waals surface area contributed by atoms with Gasteiger partial charge in [0.2, 0.25) is 0 Å². The van der Waals surface area contributed by atoms with Crippen LogP contribution in [0.4, 0.5) is 4.39 Å². The van der Waals surface area contributed by atoms with Crippen molar-refractivity contribution in [2.24, 2.45) is 0 Å². The van der Waals surface area contributed by atoms with Crippen LogP contribution in [0.2, 0.25) is 5.02 Å². The van der Waals surface area contributed by atoms with Crippen molar-refractivity contribution < 1.29 is 13.9 Å². The minimum Gasteiger partial charge on any atom is -0.495 e. The number of nitrogens with one attached hydrogen (secondary N) is 1. The van der Waals surface area contributed by atoms with E-state index in [9.17, 15) is 18.8 Å². The average Bonchev–Trinajstić information content (AvgIpc) is 2.78. The van der Waals surface area contributed by atoms with Gasteiger partial charge in [-0.15, -0.1) is 0 Å². The van der Waals surface area contributed by atoms with Gasteiger partial charge in [0.05, 0.1) is 12.8 Å². The molecule has 0 unspecified atom stereocenters. The van der Waals surface area contributed by atoms with Gasteiger partial charge in [0.25, 0.3) is 11.5 Å². The number of aromatic nitrogens is 2. The van der Waals surface area contributed by atoms with Gasteiger partial charge in [-0.3, -0.25) is 14.2 Å². The van der Waals surface area contributed by atoms with Crippen LogP contribution in [0.5, 0.6) is 5.75 Å². The van der Waals surface area contributed by atoms with Gasteiger partial charge in [-0.05, 0) is 36.2 Å². The van der Waals surface area contributed by atoms with Crippen molar-refractivity contribution in [3.63, 3.8) is 0 Å². The van der Waals surface area contributed by atoms with Crippen LogP contribution < -0.4 is 21.3 Å². The van der Waals surface area contributed by atoms with Gasteiger partial charge in [0.15, 0.2) is 0 Å². The summed E-state index contributed by atoms with van der Waals surface area (Å²) in [5.41, 5.74) is -0.803. The van der Waals surface area contributed by atoms with Crippen LogP contribution in [0.1, 0.15) is 35.7 Å². The molecule has 0 saturated carbocycles. The monoisotopic (exact) mass is 459 g/mol. The topological polar surface area (TPSA) is 82.3 Å². The molecule has 9 heteroatoms. The van der Waals surface area contributed by atoms with E-state index in [1.54, 1.807) is 24.3 Å². The van der Waals surface area contributed by atoms with Gasteiger partial charge >= 0.3 is 5.69 Å². The maximum Gasteiger partial charge on any atom is 0.335 e. The molecule has 0 aliphatic rings. The van der Waals surface area contributed by atoms with Crippen molar-refractivity contribution in [1.29, 1.82) is 0 Å². The maximum atomic E-state index is 13.3. The second kappa shape index (κ2) is 10.3. The first-order valence-electron chi connectivity index (χ1n) is 10.1. The average molecular weight is 460 g/mol. The number of carbonyl (C=O) groups excluding carboxylic acids is 1. The van der Waals surface area contributed by atoms with Gasteiger partial charge in [-0.1, -0.05) is 43.1 Å². The third-order valence-electron chi connectivity index (χ3n) is 4.93. The number of aryl methyl sites for hydroxylation is 1. The van der Waals surface area contributed by atoms with Crippen LogP contribution in [0.3, 0.4) is 0 Å². The van der Waals surface area contributed by atoms with E-state index in [2.05, 4.69) is 5.32 Å². The lowest BCUT2D eigenvalue weighted by Gasteiger charge is -2.15. The molecule has 168 valence electrons. The highest BCUT2D eigenvalue weighted by Gasteiger charge is 2.20. The van der Waals surface area contributed by atoms with Crippen molar-refractivity contribution >= 4 is 17.5 Å². The summed E-state index contributed by atoms with van der Waals surface area (Å²) in [5.74, 6) is -0.846.